The van der Waals surface area contributed by atoms with Gasteiger partial charge in [-0.15, -0.1) is 0 Å². The van der Waals surface area contributed by atoms with Crippen molar-refractivity contribution in [2.75, 3.05) is 0 Å². The fourth-order valence-corrected chi connectivity index (χ4v) is 2.36. The fourth-order valence-electron chi connectivity index (χ4n) is 2.36. The molecule has 5 heteroatoms. The summed E-state index contributed by atoms with van der Waals surface area (Å²) in [4.78, 5) is 20.9. The van der Waals surface area contributed by atoms with Crippen molar-refractivity contribution in [2.45, 2.75) is 83.3 Å². The molecule has 0 saturated carbocycles. The van der Waals surface area contributed by atoms with Gasteiger partial charge in [0.05, 0.1) is 0 Å². The summed E-state index contributed by atoms with van der Waals surface area (Å²) in [7, 11) is 0. The molecule has 0 spiro atoms. The number of allylic oxidation sites excluding steroid dienone is 3. The van der Waals surface area contributed by atoms with Crippen LogP contribution in [-0.4, -0.2) is 28.5 Å². The average molecular weight is 325 g/mol. The zero-order chi connectivity index (χ0) is 17.3. The number of aliphatic hydroxyl groups is 1. The minimum atomic E-state index is -0.920. The van der Waals surface area contributed by atoms with E-state index >= 15 is 0 Å². The molecule has 0 rings (SSSR count). The van der Waals surface area contributed by atoms with E-state index in [-0.39, 0.29) is 11.3 Å². The van der Waals surface area contributed by atoms with Crippen LogP contribution in [0.3, 0.4) is 0 Å². The Bertz CT molecular complexity index is 366. The maximum atomic E-state index is 11.1. The van der Waals surface area contributed by atoms with Crippen LogP contribution in [0.2, 0.25) is 0 Å². The lowest BCUT2D eigenvalue weighted by atomic mass is 10.0. The number of aldehydes is 1. The first-order valence-corrected chi connectivity index (χ1v) is 8.68. The number of carbonyl (C=O) groups is 1. The third-order valence-corrected chi connectivity index (χ3v) is 3.76. The maximum absolute atomic E-state index is 11.1. The lowest BCUT2D eigenvalue weighted by Gasteiger charge is -2.14. The first-order chi connectivity index (χ1) is 11.1. The predicted octanol–water partition coefficient (Wildman–Crippen LogP) is 4.22. The second kappa shape index (κ2) is 15.4. The number of nitro groups is 1. The van der Waals surface area contributed by atoms with Gasteiger partial charge in [0.2, 0.25) is 6.04 Å². The van der Waals surface area contributed by atoms with Crippen molar-refractivity contribution in [1.82, 2.24) is 0 Å². The minimum Gasteiger partial charge on any atom is -0.386 e. The molecule has 1 N–H and O–H groups in total. The van der Waals surface area contributed by atoms with Gasteiger partial charge in [0.25, 0.3) is 0 Å². The van der Waals surface area contributed by atoms with Crippen LogP contribution >= 0.6 is 0 Å². The van der Waals surface area contributed by atoms with Crippen molar-refractivity contribution >= 4 is 6.29 Å². The Morgan fingerprint density at radius 2 is 1.70 bits per heavy atom. The van der Waals surface area contributed by atoms with E-state index in [0.29, 0.717) is 12.8 Å². The van der Waals surface area contributed by atoms with Gasteiger partial charge in [-0.3, -0.25) is 10.1 Å². The van der Waals surface area contributed by atoms with Crippen LogP contribution in [0, 0.1) is 10.1 Å². The smallest absolute Gasteiger partial charge is 0.241 e. The molecule has 0 bridgehead atoms. The summed E-state index contributed by atoms with van der Waals surface area (Å²) in [5, 5.41) is 21.1. The van der Waals surface area contributed by atoms with Gasteiger partial charge < -0.3 is 9.90 Å². The molecule has 0 aliphatic rings. The molecule has 23 heavy (non-hydrogen) atoms. The van der Waals surface area contributed by atoms with E-state index in [2.05, 4.69) is 13.0 Å². The zero-order valence-electron chi connectivity index (χ0n) is 14.2. The van der Waals surface area contributed by atoms with Gasteiger partial charge in [-0.05, 0) is 25.7 Å². The molecule has 0 fully saturated rings. The van der Waals surface area contributed by atoms with Crippen LogP contribution in [0.5, 0.6) is 0 Å². The fraction of sp³-hybridized carbons (Fsp3) is 0.722. The van der Waals surface area contributed by atoms with Gasteiger partial charge in [0, 0.05) is 17.8 Å². The maximum Gasteiger partial charge on any atom is 0.241 e. The molecule has 0 heterocycles. The molecule has 0 aromatic rings. The highest BCUT2D eigenvalue weighted by Gasteiger charge is 2.27. The van der Waals surface area contributed by atoms with Crippen LogP contribution in [-0.2, 0) is 4.79 Å². The molecule has 0 radical (unpaired) electrons. The molecule has 0 aliphatic heterocycles. The summed E-state index contributed by atoms with van der Waals surface area (Å²) in [5.74, 6) is 0. The van der Waals surface area contributed by atoms with E-state index in [1.54, 1.807) is 6.08 Å². The van der Waals surface area contributed by atoms with Gasteiger partial charge >= 0.3 is 0 Å². The number of unbranched alkanes of at least 4 members (excludes halogenated alkanes) is 5. The third kappa shape index (κ3) is 12.7. The van der Waals surface area contributed by atoms with E-state index in [1.165, 1.54) is 0 Å². The molecule has 0 saturated heterocycles. The third-order valence-electron chi connectivity index (χ3n) is 3.76. The Balaban J connectivity index is 3.96. The average Bonchev–Trinajstić information content (AvgIpc) is 2.52. The highest BCUT2D eigenvalue weighted by Crippen LogP contribution is 2.14. The minimum absolute atomic E-state index is 0.271. The monoisotopic (exact) mass is 325 g/mol. The van der Waals surface area contributed by atoms with E-state index < -0.39 is 12.1 Å². The largest absolute Gasteiger partial charge is 0.386 e. The first kappa shape index (κ1) is 21.5. The molecule has 0 amide bonds. The first-order valence-electron chi connectivity index (χ1n) is 8.68. The van der Waals surface area contributed by atoms with Crippen molar-refractivity contribution in [3.05, 3.63) is 34.4 Å². The molecule has 0 aromatic heterocycles. The van der Waals surface area contributed by atoms with Gasteiger partial charge in [-0.2, -0.15) is 0 Å². The van der Waals surface area contributed by atoms with Crippen LogP contribution in [0.1, 0.15) is 71.1 Å². The van der Waals surface area contributed by atoms with E-state index in [4.69, 9.17) is 0 Å². The van der Waals surface area contributed by atoms with Crippen LogP contribution in [0.15, 0.2) is 24.3 Å². The van der Waals surface area contributed by atoms with Crippen LogP contribution in [0.25, 0.3) is 0 Å². The molecule has 132 valence electrons. The lowest BCUT2D eigenvalue weighted by Crippen LogP contribution is -2.33. The van der Waals surface area contributed by atoms with E-state index in [9.17, 15) is 20.0 Å². The SMILES string of the molecule is CC/C=C\C/C=C\CC(C(O)CCCCCCCC=O)[N+](=O)[O-]. The Morgan fingerprint density at radius 3 is 2.35 bits per heavy atom. The molecule has 0 aromatic carbocycles. The van der Waals surface area contributed by atoms with E-state index in [0.717, 1.165) is 51.2 Å². The lowest BCUT2D eigenvalue weighted by molar-refractivity contribution is -0.533. The molecule has 0 aliphatic carbocycles. The van der Waals surface area contributed by atoms with Crippen molar-refractivity contribution in [3.63, 3.8) is 0 Å². The quantitative estimate of drug-likeness (QED) is 0.161. The van der Waals surface area contributed by atoms with Crippen molar-refractivity contribution in [2.24, 2.45) is 0 Å². The Kier molecular flexibility index (Phi) is 14.4. The zero-order valence-corrected chi connectivity index (χ0v) is 14.2. The number of hydrogen-bond donors (Lipinski definition) is 1. The summed E-state index contributed by atoms with van der Waals surface area (Å²) in [6, 6.07) is -0.920. The summed E-state index contributed by atoms with van der Waals surface area (Å²) in [5.41, 5.74) is 0. The Morgan fingerprint density at radius 1 is 1.04 bits per heavy atom. The Hall–Kier alpha value is -1.49. The summed E-state index contributed by atoms with van der Waals surface area (Å²) < 4.78 is 0. The molecular weight excluding hydrogens is 294 g/mol. The van der Waals surface area contributed by atoms with E-state index in [1.807, 2.05) is 12.2 Å². The van der Waals surface area contributed by atoms with Gasteiger partial charge in [0.15, 0.2) is 0 Å². The molecular formula is C18H31NO4. The second-order valence-corrected chi connectivity index (χ2v) is 5.75. The summed E-state index contributed by atoms with van der Waals surface area (Å²) >= 11 is 0. The topological polar surface area (TPSA) is 80.4 Å². The summed E-state index contributed by atoms with van der Waals surface area (Å²) in [6.07, 6.45) is 15.5. The van der Waals surface area contributed by atoms with Crippen molar-refractivity contribution in [1.29, 1.82) is 0 Å². The molecule has 2 atom stereocenters. The van der Waals surface area contributed by atoms with Gasteiger partial charge in [-0.1, -0.05) is 56.9 Å². The van der Waals surface area contributed by atoms with Crippen LogP contribution < -0.4 is 0 Å². The van der Waals surface area contributed by atoms with Gasteiger partial charge in [0.1, 0.15) is 12.4 Å². The Labute approximate surface area is 139 Å². The molecule has 5 nitrogen and oxygen atoms in total. The normalized spacial score (nSPS) is 14.3. The standard InChI is InChI=1S/C18H31NO4/c1-2-3-4-5-8-11-14-17(19(22)23)18(21)15-12-9-6-7-10-13-16-20/h3-4,8,11,16-18,21H,2,5-7,9-10,12-15H2,1H3/b4-3-,11-8-. The molecule has 2 unspecified atom stereocenters. The van der Waals surface area contributed by atoms with Gasteiger partial charge in [-0.25, -0.2) is 0 Å². The number of aliphatic hydroxyl groups excluding tert-OH is 1. The number of hydrogen-bond acceptors (Lipinski definition) is 4. The highest BCUT2D eigenvalue weighted by molar-refractivity contribution is 5.48. The highest BCUT2D eigenvalue weighted by atomic mass is 16.6. The van der Waals surface area contributed by atoms with Crippen molar-refractivity contribution < 1.29 is 14.8 Å². The number of carbonyl (C=O) groups excluding carboxylic acids is 1. The number of nitrogens with zero attached hydrogens (tertiary/aromatic N) is 1. The van der Waals surface area contributed by atoms with Crippen LogP contribution in [0.4, 0.5) is 0 Å². The predicted molar refractivity (Wildman–Crippen MR) is 93.0 cm³/mol. The van der Waals surface area contributed by atoms with Crippen molar-refractivity contribution in [3.8, 4) is 0 Å². The number of rotatable bonds is 15. The summed E-state index contributed by atoms with van der Waals surface area (Å²) in [6.45, 7) is 2.06. The second-order valence-electron chi connectivity index (χ2n) is 5.75.